The molecule has 0 spiro atoms. The van der Waals surface area contributed by atoms with Crippen molar-refractivity contribution in [3.05, 3.63) is 101 Å². The number of hydrogen-bond acceptors (Lipinski definition) is 4. The number of esters is 1. The van der Waals surface area contributed by atoms with E-state index in [1.807, 2.05) is 54.6 Å². The SMILES string of the molecule is COC(=O)c1cc(Cl)ccc1NC(=O)C=Cc1cccc(-c2cccc3cccnc23)c1. The second kappa shape index (κ2) is 9.45. The molecular weight excluding hydrogens is 424 g/mol. The number of anilines is 1. The van der Waals surface area contributed by atoms with Crippen LogP contribution in [0.5, 0.6) is 0 Å². The van der Waals surface area contributed by atoms with Gasteiger partial charge in [-0.2, -0.15) is 0 Å². The average molecular weight is 443 g/mol. The molecule has 32 heavy (non-hydrogen) atoms. The first-order valence-electron chi connectivity index (χ1n) is 9.86. The summed E-state index contributed by atoms with van der Waals surface area (Å²) in [5, 5.41) is 4.14. The molecule has 4 rings (SSSR count). The van der Waals surface area contributed by atoms with Crippen molar-refractivity contribution in [3.8, 4) is 11.1 Å². The van der Waals surface area contributed by atoms with Crippen LogP contribution in [0, 0.1) is 0 Å². The maximum absolute atomic E-state index is 12.5. The molecule has 5 nitrogen and oxygen atoms in total. The van der Waals surface area contributed by atoms with Gasteiger partial charge in [0, 0.05) is 28.2 Å². The fourth-order valence-electron chi connectivity index (χ4n) is 3.40. The highest BCUT2D eigenvalue weighted by molar-refractivity contribution is 6.31. The number of methoxy groups -OCH3 is 1. The monoisotopic (exact) mass is 442 g/mol. The van der Waals surface area contributed by atoms with Crippen LogP contribution in [0.4, 0.5) is 5.69 Å². The van der Waals surface area contributed by atoms with E-state index in [-0.39, 0.29) is 11.5 Å². The minimum atomic E-state index is -0.580. The summed E-state index contributed by atoms with van der Waals surface area (Å²) in [7, 11) is 1.27. The number of nitrogens with one attached hydrogen (secondary N) is 1. The van der Waals surface area contributed by atoms with Gasteiger partial charge in [-0.3, -0.25) is 9.78 Å². The van der Waals surface area contributed by atoms with Crippen molar-refractivity contribution in [1.29, 1.82) is 0 Å². The maximum Gasteiger partial charge on any atom is 0.340 e. The number of fused-ring (bicyclic) bond motifs is 1. The van der Waals surface area contributed by atoms with Crippen molar-refractivity contribution >= 4 is 46.1 Å². The summed E-state index contributed by atoms with van der Waals surface area (Å²) < 4.78 is 4.76. The Morgan fingerprint density at radius 3 is 2.66 bits per heavy atom. The van der Waals surface area contributed by atoms with Crippen LogP contribution < -0.4 is 5.32 Å². The molecule has 0 unspecified atom stereocenters. The smallest absolute Gasteiger partial charge is 0.340 e. The van der Waals surface area contributed by atoms with E-state index < -0.39 is 5.97 Å². The van der Waals surface area contributed by atoms with Crippen molar-refractivity contribution < 1.29 is 14.3 Å². The lowest BCUT2D eigenvalue weighted by Gasteiger charge is -2.09. The zero-order chi connectivity index (χ0) is 22.5. The summed E-state index contributed by atoms with van der Waals surface area (Å²) in [6.07, 6.45) is 4.90. The highest BCUT2D eigenvalue weighted by atomic mass is 35.5. The summed E-state index contributed by atoms with van der Waals surface area (Å²) in [6.45, 7) is 0. The minimum Gasteiger partial charge on any atom is -0.465 e. The highest BCUT2D eigenvalue weighted by Gasteiger charge is 2.14. The van der Waals surface area contributed by atoms with E-state index >= 15 is 0 Å². The molecule has 0 saturated heterocycles. The lowest BCUT2D eigenvalue weighted by molar-refractivity contribution is -0.111. The molecule has 1 aromatic heterocycles. The Morgan fingerprint density at radius 1 is 1.00 bits per heavy atom. The summed E-state index contributed by atoms with van der Waals surface area (Å²) in [5.41, 5.74) is 4.31. The number of pyridine rings is 1. The topological polar surface area (TPSA) is 68.3 Å². The number of para-hydroxylation sites is 1. The van der Waals surface area contributed by atoms with Crippen LogP contribution >= 0.6 is 11.6 Å². The number of rotatable bonds is 5. The van der Waals surface area contributed by atoms with Crippen LogP contribution in [0.25, 0.3) is 28.1 Å². The lowest BCUT2D eigenvalue weighted by atomic mass is 10.00. The largest absolute Gasteiger partial charge is 0.465 e. The zero-order valence-corrected chi connectivity index (χ0v) is 18.0. The van der Waals surface area contributed by atoms with Gasteiger partial charge >= 0.3 is 5.97 Å². The molecule has 6 heteroatoms. The van der Waals surface area contributed by atoms with Crippen molar-refractivity contribution in [2.75, 3.05) is 12.4 Å². The Hall–Kier alpha value is -3.96. The molecule has 1 amide bonds. The molecule has 4 aromatic rings. The number of amides is 1. The zero-order valence-electron chi connectivity index (χ0n) is 17.2. The molecule has 0 radical (unpaired) electrons. The second-order valence-corrected chi connectivity index (χ2v) is 7.45. The number of halogens is 1. The van der Waals surface area contributed by atoms with Crippen LogP contribution in [-0.2, 0) is 9.53 Å². The lowest BCUT2D eigenvalue weighted by Crippen LogP contribution is -2.13. The van der Waals surface area contributed by atoms with Gasteiger partial charge in [-0.1, -0.05) is 54.1 Å². The third-order valence-electron chi connectivity index (χ3n) is 4.90. The molecule has 0 atom stereocenters. The van der Waals surface area contributed by atoms with Crippen LogP contribution in [0.2, 0.25) is 5.02 Å². The standard InChI is InChI=1S/C26H19ClN2O3/c1-32-26(31)22-16-20(27)11-12-23(22)29-24(30)13-10-17-5-2-7-19(15-17)21-9-3-6-18-8-4-14-28-25(18)21/h2-16H,1H3,(H,29,30). The summed E-state index contributed by atoms with van der Waals surface area (Å²) in [5.74, 6) is -0.960. The van der Waals surface area contributed by atoms with E-state index in [2.05, 4.69) is 10.3 Å². The number of benzene rings is 3. The normalized spacial score (nSPS) is 10.9. The first-order chi connectivity index (χ1) is 15.5. The van der Waals surface area contributed by atoms with Crippen LogP contribution in [0.1, 0.15) is 15.9 Å². The molecule has 0 fully saturated rings. The number of carbonyl (C=O) groups excluding carboxylic acids is 2. The van der Waals surface area contributed by atoms with Gasteiger partial charge in [0.05, 0.1) is 23.9 Å². The first-order valence-corrected chi connectivity index (χ1v) is 10.2. The van der Waals surface area contributed by atoms with Gasteiger partial charge in [0.2, 0.25) is 5.91 Å². The van der Waals surface area contributed by atoms with Crippen molar-refractivity contribution in [2.45, 2.75) is 0 Å². The Bertz CT molecular complexity index is 1340. The molecule has 0 aliphatic carbocycles. The number of hydrogen-bond donors (Lipinski definition) is 1. The van der Waals surface area contributed by atoms with Gasteiger partial charge in [-0.25, -0.2) is 4.79 Å². The molecule has 0 saturated carbocycles. The van der Waals surface area contributed by atoms with Gasteiger partial charge in [0.1, 0.15) is 0 Å². The van der Waals surface area contributed by atoms with E-state index in [0.29, 0.717) is 10.7 Å². The predicted octanol–water partition coefficient (Wildman–Crippen LogP) is 5.99. The fraction of sp³-hybridized carbons (Fsp3) is 0.0385. The molecule has 158 valence electrons. The molecule has 0 aliphatic rings. The van der Waals surface area contributed by atoms with Crippen LogP contribution in [0.15, 0.2) is 85.1 Å². The molecule has 0 aliphatic heterocycles. The van der Waals surface area contributed by atoms with Gasteiger partial charge in [0.15, 0.2) is 0 Å². The molecule has 1 heterocycles. The summed E-state index contributed by atoms with van der Waals surface area (Å²) >= 11 is 5.96. The number of aromatic nitrogens is 1. The molecular formula is C26H19ClN2O3. The van der Waals surface area contributed by atoms with E-state index in [1.54, 1.807) is 24.4 Å². The maximum atomic E-state index is 12.5. The average Bonchev–Trinajstić information content (AvgIpc) is 2.83. The van der Waals surface area contributed by atoms with Gasteiger partial charge in [0.25, 0.3) is 0 Å². The molecule has 1 N–H and O–H groups in total. The van der Waals surface area contributed by atoms with Crippen molar-refractivity contribution in [2.24, 2.45) is 0 Å². The second-order valence-electron chi connectivity index (χ2n) is 7.01. The number of nitrogens with zero attached hydrogens (tertiary/aromatic N) is 1. The van der Waals surface area contributed by atoms with Crippen LogP contribution in [0.3, 0.4) is 0 Å². The summed E-state index contributed by atoms with van der Waals surface area (Å²) in [4.78, 5) is 28.9. The third kappa shape index (κ3) is 4.68. The quantitative estimate of drug-likeness (QED) is 0.304. The molecule has 3 aromatic carbocycles. The Kier molecular flexibility index (Phi) is 6.29. The fourth-order valence-corrected chi connectivity index (χ4v) is 3.57. The van der Waals surface area contributed by atoms with Gasteiger partial charge < -0.3 is 10.1 Å². The van der Waals surface area contributed by atoms with E-state index in [4.69, 9.17) is 16.3 Å². The van der Waals surface area contributed by atoms with E-state index in [0.717, 1.165) is 27.6 Å². The van der Waals surface area contributed by atoms with Gasteiger partial charge in [-0.15, -0.1) is 0 Å². The third-order valence-corrected chi connectivity index (χ3v) is 5.14. The van der Waals surface area contributed by atoms with E-state index in [1.165, 1.54) is 19.3 Å². The minimum absolute atomic E-state index is 0.187. The van der Waals surface area contributed by atoms with Gasteiger partial charge in [-0.05, 0) is 47.5 Å². The highest BCUT2D eigenvalue weighted by Crippen LogP contribution is 2.28. The number of carbonyl (C=O) groups is 2. The van der Waals surface area contributed by atoms with Crippen LogP contribution in [-0.4, -0.2) is 24.0 Å². The Morgan fingerprint density at radius 2 is 1.81 bits per heavy atom. The van der Waals surface area contributed by atoms with E-state index in [9.17, 15) is 9.59 Å². The van der Waals surface area contributed by atoms with Crippen molar-refractivity contribution in [1.82, 2.24) is 4.98 Å². The predicted molar refractivity (Wildman–Crippen MR) is 128 cm³/mol. The first kappa shape index (κ1) is 21.3. The molecule has 0 bridgehead atoms. The Balaban J connectivity index is 1.56. The van der Waals surface area contributed by atoms with Crippen molar-refractivity contribution in [3.63, 3.8) is 0 Å². The number of ether oxygens (including phenoxy) is 1. The summed E-state index contributed by atoms with van der Waals surface area (Å²) in [6, 6.07) is 22.5. The Labute approximate surface area is 190 Å².